The van der Waals surface area contributed by atoms with Gasteiger partial charge in [0.15, 0.2) is 0 Å². The molecule has 19 heavy (non-hydrogen) atoms. The molecule has 0 saturated carbocycles. The molecule has 2 rings (SSSR count). The minimum absolute atomic E-state index is 0.113. The van der Waals surface area contributed by atoms with Gasteiger partial charge in [-0.1, -0.05) is 38.3 Å². The topological polar surface area (TPSA) is 34.9 Å². The molecule has 2 aromatic rings. The van der Waals surface area contributed by atoms with Crippen LogP contribution in [-0.4, -0.2) is 9.55 Å². The molecule has 0 unspecified atom stereocenters. The Morgan fingerprint density at radius 1 is 1.21 bits per heavy atom. The molecule has 0 fully saturated rings. The summed E-state index contributed by atoms with van der Waals surface area (Å²) in [6, 6.07) is 5.90. The van der Waals surface area contributed by atoms with E-state index >= 15 is 0 Å². The van der Waals surface area contributed by atoms with Gasteiger partial charge in [-0.15, -0.1) is 0 Å². The van der Waals surface area contributed by atoms with Crippen LogP contribution < -0.4 is 5.56 Å². The maximum atomic E-state index is 12.6. The van der Waals surface area contributed by atoms with E-state index in [2.05, 4.69) is 18.8 Å². The zero-order valence-electron chi connectivity index (χ0n) is 12.1. The van der Waals surface area contributed by atoms with Gasteiger partial charge in [0.1, 0.15) is 5.82 Å². The van der Waals surface area contributed by atoms with E-state index in [4.69, 9.17) is 0 Å². The summed E-state index contributed by atoms with van der Waals surface area (Å²) < 4.78 is 1.86. The second-order valence-electron chi connectivity index (χ2n) is 5.07. The van der Waals surface area contributed by atoms with Gasteiger partial charge in [-0.2, -0.15) is 0 Å². The summed E-state index contributed by atoms with van der Waals surface area (Å²) in [5, 5.41) is 0.744. The molecule has 0 N–H and O–H groups in total. The second-order valence-corrected chi connectivity index (χ2v) is 5.07. The first-order valence-corrected chi connectivity index (χ1v) is 7.17. The van der Waals surface area contributed by atoms with Crippen molar-refractivity contribution >= 4 is 10.9 Å². The zero-order chi connectivity index (χ0) is 13.8. The van der Waals surface area contributed by atoms with Crippen molar-refractivity contribution < 1.29 is 0 Å². The highest BCUT2D eigenvalue weighted by molar-refractivity contribution is 5.78. The lowest BCUT2D eigenvalue weighted by molar-refractivity contribution is 0.561. The number of hydrogen-bond acceptors (Lipinski definition) is 2. The molecule has 3 heteroatoms. The maximum absolute atomic E-state index is 12.6. The molecule has 0 aliphatic rings. The van der Waals surface area contributed by atoms with E-state index in [1.165, 1.54) is 0 Å². The van der Waals surface area contributed by atoms with E-state index in [0.29, 0.717) is 0 Å². The second kappa shape index (κ2) is 6.00. The summed E-state index contributed by atoms with van der Waals surface area (Å²) in [5.74, 6) is 0.900. The molecule has 1 aromatic carbocycles. The van der Waals surface area contributed by atoms with Gasteiger partial charge in [0.2, 0.25) is 0 Å². The molecular weight excluding hydrogens is 236 g/mol. The molecular formula is C16H22N2O. The van der Waals surface area contributed by atoms with Crippen molar-refractivity contribution in [1.29, 1.82) is 0 Å². The Morgan fingerprint density at radius 2 is 2.00 bits per heavy atom. The Balaban J connectivity index is 2.53. The monoisotopic (exact) mass is 258 g/mol. The summed E-state index contributed by atoms with van der Waals surface area (Å²) in [6.07, 6.45) is 4.16. The van der Waals surface area contributed by atoms with Crippen molar-refractivity contribution in [2.75, 3.05) is 0 Å². The number of nitrogens with zero attached hydrogens (tertiary/aromatic N) is 2. The Bertz CT molecular complexity index is 628. The first-order chi connectivity index (χ1) is 9.17. The van der Waals surface area contributed by atoms with E-state index < -0.39 is 0 Å². The lowest BCUT2D eigenvalue weighted by Gasteiger charge is -2.12. The minimum Gasteiger partial charge on any atom is -0.296 e. The molecule has 0 saturated heterocycles. The molecule has 1 heterocycles. The molecule has 0 amide bonds. The summed E-state index contributed by atoms with van der Waals surface area (Å²) in [4.78, 5) is 17.2. The van der Waals surface area contributed by atoms with E-state index in [1.807, 2.05) is 29.7 Å². The predicted molar refractivity (Wildman–Crippen MR) is 79.6 cm³/mol. The highest BCUT2D eigenvalue weighted by Gasteiger charge is 2.09. The fourth-order valence-corrected chi connectivity index (χ4v) is 2.40. The average molecular weight is 258 g/mol. The quantitative estimate of drug-likeness (QED) is 0.770. The van der Waals surface area contributed by atoms with Crippen molar-refractivity contribution in [1.82, 2.24) is 9.55 Å². The average Bonchev–Trinajstić information content (AvgIpc) is 2.42. The lowest BCUT2D eigenvalue weighted by Crippen LogP contribution is -2.25. The summed E-state index contributed by atoms with van der Waals surface area (Å²) in [5.41, 5.74) is 2.04. The molecule has 1 aromatic heterocycles. The predicted octanol–water partition coefficient (Wildman–Crippen LogP) is 3.46. The number of benzene rings is 1. The molecule has 0 aliphatic heterocycles. The fourth-order valence-electron chi connectivity index (χ4n) is 2.40. The van der Waals surface area contributed by atoms with Crippen LogP contribution in [0.5, 0.6) is 0 Å². The van der Waals surface area contributed by atoms with Crippen molar-refractivity contribution in [3.05, 3.63) is 39.9 Å². The first-order valence-electron chi connectivity index (χ1n) is 7.17. The standard InChI is InChI=1S/C16H22N2O/c1-4-6-7-10-18-15(5-2)17-14-9-8-12(3)11-13(14)16(18)19/h8-9,11H,4-7,10H2,1-3H3. The highest BCUT2D eigenvalue weighted by Crippen LogP contribution is 2.12. The molecule has 0 atom stereocenters. The fraction of sp³-hybridized carbons (Fsp3) is 0.500. The number of fused-ring (bicyclic) bond motifs is 1. The van der Waals surface area contributed by atoms with E-state index in [9.17, 15) is 4.79 Å². The van der Waals surface area contributed by atoms with Gasteiger partial charge >= 0.3 is 0 Å². The Labute approximate surface area is 114 Å². The van der Waals surface area contributed by atoms with Gasteiger partial charge in [-0.05, 0) is 25.5 Å². The number of aryl methyl sites for hydroxylation is 2. The van der Waals surface area contributed by atoms with Crippen molar-refractivity contribution in [2.45, 2.75) is 53.0 Å². The van der Waals surface area contributed by atoms with Crippen LogP contribution in [0.15, 0.2) is 23.0 Å². The van der Waals surface area contributed by atoms with Crippen LogP contribution in [0.25, 0.3) is 10.9 Å². The maximum Gasteiger partial charge on any atom is 0.261 e. The van der Waals surface area contributed by atoms with Crippen LogP contribution in [-0.2, 0) is 13.0 Å². The van der Waals surface area contributed by atoms with Gasteiger partial charge in [0.25, 0.3) is 5.56 Å². The number of aromatic nitrogens is 2. The molecule has 0 radical (unpaired) electrons. The third kappa shape index (κ3) is 2.86. The van der Waals surface area contributed by atoms with Crippen LogP contribution in [0.4, 0.5) is 0 Å². The largest absolute Gasteiger partial charge is 0.296 e. The van der Waals surface area contributed by atoms with Gasteiger partial charge in [-0.25, -0.2) is 4.98 Å². The number of hydrogen-bond donors (Lipinski definition) is 0. The van der Waals surface area contributed by atoms with Crippen molar-refractivity contribution in [3.63, 3.8) is 0 Å². The van der Waals surface area contributed by atoms with Crippen LogP contribution in [0.1, 0.15) is 44.5 Å². The molecule has 0 spiro atoms. The lowest BCUT2D eigenvalue weighted by atomic mass is 10.1. The van der Waals surface area contributed by atoms with Crippen LogP contribution in [0, 0.1) is 6.92 Å². The third-order valence-corrected chi connectivity index (χ3v) is 3.49. The molecule has 3 nitrogen and oxygen atoms in total. The minimum atomic E-state index is 0.113. The van der Waals surface area contributed by atoms with Gasteiger partial charge in [0, 0.05) is 13.0 Å². The molecule has 0 aliphatic carbocycles. The van der Waals surface area contributed by atoms with Gasteiger partial charge < -0.3 is 0 Å². The van der Waals surface area contributed by atoms with Gasteiger partial charge in [-0.3, -0.25) is 9.36 Å². The van der Waals surface area contributed by atoms with E-state index in [1.54, 1.807) is 0 Å². The van der Waals surface area contributed by atoms with Crippen LogP contribution in [0.2, 0.25) is 0 Å². The van der Waals surface area contributed by atoms with E-state index in [0.717, 1.165) is 54.5 Å². The van der Waals surface area contributed by atoms with Crippen LogP contribution >= 0.6 is 0 Å². The third-order valence-electron chi connectivity index (χ3n) is 3.49. The van der Waals surface area contributed by atoms with Crippen molar-refractivity contribution in [2.24, 2.45) is 0 Å². The van der Waals surface area contributed by atoms with E-state index in [-0.39, 0.29) is 5.56 Å². The first kappa shape index (κ1) is 13.8. The highest BCUT2D eigenvalue weighted by atomic mass is 16.1. The summed E-state index contributed by atoms with van der Waals surface area (Å²) in [6.45, 7) is 7.02. The molecule has 0 bridgehead atoms. The Morgan fingerprint density at radius 3 is 2.68 bits per heavy atom. The number of unbranched alkanes of at least 4 members (excludes halogenated alkanes) is 2. The summed E-state index contributed by atoms with van der Waals surface area (Å²) >= 11 is 0. The molecule has 102 valence electrons. The smallest absolute Gasteiger partial charge is 0.261 e. The summed E-state index contributed by atoms with van der Waals surface area (Å²) in [7, 11) is 0. The van der Waals surface area contributed by atoms with Crippen LogP contribution in [0.3, 0.4) is 0 Å². The van der Waals surface area contributed by atoms with Gasteiger partial charge in [0.05, 0.1) is 10.9 Å². The van der Waals surface area contributed by atoms with Crippen molar-refractivity contribution in [3.8, 4) is 0 Å². The Kier molecular flexibility index (Phi) is 4.35. The Hall–Kier alpha value is -1.64. The zero-order valence-corrected chi connectivity index (χ0v) is 12.1. The number of rotatable bonds is 5. The normalized spacial score (nSPS) is 11.1. The SMILES string of the molecule is CCCCCn1c(CC)nc2ccc(C)cc2c1=O.